The number of carbonyl (C=O) groups excluding carboxylic acids is 2. The fraction of sp³-hybridized carbons (Fsp3) is 0.200. The van der Waals surface area contributed by atoms with Gasteiger partial charge in [0.15, 0.2) is 0 Å². The number of nitrogens with zero attached hydrogens (tertiary/aromatic N) is 1. The number of nitrogens with one attached hydrogen (secondary N) is 1. The molecule has 3 N–H and O–H groups in total. The van der Waals surface area contributed by atoms with Crippen LogP contribution in [0.5, 0.6) is 0 Å². The molecule has 80 valence electrons. The molecule has 1 rings (SSSR count). The molecule has 0 unspecified atom stereocenters. The van der Waals surface area contributed by atoms with Gasteiger partial charge in [0.1, 0.15) is 0 Å². The highest BCUT2D eigenvalue weighted by Gasteiger charge is 2.07. The first-order valence-electron chi connectivity index (χ1n) is 4.39. The summed E-state index contributed by atoms with van der Waals surface area (Å²) < 4.78 is 0. The SMILES string of the molecule is CN(C)c1ccc(C(=O)NC(N)=O)cc1. The number of anilines is 1. The van der Waals surface area contributed by atoms with Gasteiger partial charge in [0.25, 0.3) is 5.91 Å². The summed E-state index contributed by atoms with van der Waals surface area (Å²) in [5.41, 5.74) is 6.21. The molecule has 0 aliphatic carbocycles. The summed E-state index contributed by atoms with van der Waals surface area (Å²) >= 11 is 0. The third-order valence-electron chi connectivity index (χ3n) is 1.88. The van der Waals surface area contributed by atoms with E-state index in [0.717, 1.165) is 5.69 Å². The van der Waals surface area contributed by atoms with Gasteiger partial charge in [-0.25, -0.2) is 4.79 Å². The second-order valence-corrected chi connectivity index (χ2v) is 3.26. The number of benzene rings is 1. The Morgan fingerprint density at radius 2 is 1.73 bits per heavy atom. The molecule has 15 heavy (non-hydrogen) atoms. The van der Waals surface area contributed by atoms with Gasteiger partial charge < -0.3 is 10.6 Å². The van der Waals surface area contributed by atoms with Crippen molar-refractivity contribution in [1.82, 2.24) is 5.32 Å². The average molecular weight is 207 g/mol. The topological polar surface area (TPSA) is 75.4 Å². The summed E-state index contributed by atoms with van der Waals surface area (Å²) in [6.45, 7) is 0. The van der Waals surface area contributed by atoms with E-state index < -0.39 is 11.9 Å². The van der Waals surface area contributed by atoms with Crippen LogP contribution in [0.1, 0.15) is 10.4 Å². The second kappa shape index (κ2) is 4.45. The summed E-state index contributed by atoms with van der Waals surface area (Å²) in [5.74, 6) is -0.493. The maximum Gasteiger partial charge on any atom is 0.319 e. The first-order chi connectivity index (χ1) is 7.00. The fourth-order valence-electron chi connectivity index (χ4n) is 1.10. The smallest absolute Gasteiger partial charge is 0.319 e. The molecule has 0 heterocycles. The Balaban J connectivity index is 2.80. The molecule has 0 saturated carbocycles. The molecule has 0 aromatic heterocycles. The van der Waals surface area contributed by atoms with Crippen LogP contribution in [0, 0.1) is 0 Å². The second-order valence-electron chi connectivity index (χ2n) is 3.26. The van der Waals surface area contributed by atoms with Crippen LogP contribution in [0.25, 0.3) is 0 Å². The van der Waals surface area contributed by atoms with E-state index >= 15 is 0 Å². The summed E-state index contributed by atoms with van der Waals surface area (Å²) in [7, 11) is 3.80. The standard InChI is InChI=1S/C10H13N3O2/c1-13(2)8-5-3-7(4-6-8)9(14)12-10(11)15/h3-6H,1-2H3,(H3,11,12,14,15). The van der Waals surface area contributed by atoms with Crippen LogP contribution in [0.3, 0.4) is 0 Å². The van der Waals surface area contributed by atoms with Crippen LogP contribution in [0.15, 0.2) is 24.3 Å². The van der Waals surface area contributed by atoms with E-state index in [-0.39, 0.29) is 0 Å². The molecule has 0 aliphatic rings. The lowest BCUT2D eigenvalue weighted by atomic mass is 10.2. The van der Waals surface area contributed by atoms with Crippen LogP contribution >= 0.6 is 0 Å². The highest BCUT2D eigenvalue weighted by molar-refractivity contribution is 6.03. The molecular formula is C10H13N3O2. The van der Waals surface area contributed by atoms with E-state index in [1.807, 2.05) is 24.3 Å². The largest absolute Gasteiger partial charge is 0.378 e. The molecule has 0 spiro atoms. The van der Waals surface area contributed by atoms with Crippen molar-refractivity contribution in [3.8, 4) is 0 Å². The van der Waals surface area contributed by atoms with Crippen molar-refractivity contribution in [2.24, 2.45) is 5.73 Å². The fourth-order valence-corrected chi connectivity index (χ4v) is 1.10. The lowest BCUT2D eigenvalue weighted by Gasteiger charge is -2.12. The number of nitrogens with two attached hydrogens (primary N) is 1. The predicted octanol–water partition coefficient (Wildman–Crippen LogP) is 0.561. The van der Waals surface area contributed by atoms with Gasteiger partial charge in [0.2, 0.25) is 0 Å². The van der Waals surface area contributed by atoms with Gasteiger partial charge in [0, 0.05) is 25.3 Å². The summed E-state index contributed by atoms with van der Waals surface area (Å²) in [4.78, 5) is 23.7. The van der Waals surface area contributed by atoms with Crippen molar-refractivity contribution in [3.05, 3.63) is 29.8 Å². The number of carbonyl (C=O) groups is 2. The summed E-state index contributed by atoms with van der Waals surface area (Å²) in [6, 6.07) is 5.99. The van der Waals surface area contributed by atoms with Crippen LogP contribution in [-0.2, 0) is 0 Å². The summed E-state index contributed by atoms with van der Waals surface area (Å²) in [5, 5.41) is 1.99. The average Bonchev–Trinajstić information content (AvgIpc) is 2.17. The Morgan fingerprint density at radius 1 is 1.20 bits per heavy atom. The van der Waals surface area contributed by atoms with Gasteiger partial charge in [-0.15, -0.1) is 0 Å². The number of primary amides is 1. The number of hydrogen-bond acceptors (Lipinski definition) is 3. The van der Waals surface area contributed by atoms with Crippen LogP contribution < -0.4 is 16.0 Å². The lowest BCUT2D eigenvalue weighted by Crippen LogP contribution is -2.34. The molecule has 3 amide bonds. The van der Waals surface area contributed by atoms with Gasteiger partial charge in [0.05, 0.1) is 0 Å². The zero-order valence-electron chi connectivity index (χ0n) is 8.65. The van der Waals surface area contributed by atoms with Crippen LogP contribution in [0.4, 0.5) is 10.5 Å². The number of urea groups is 1. The first-order valence-corrected chi connectivity index (χ1v) is 4.39. The van der Waals surface area contributed by atoms with Crippen LogP contribution in [-0.4, -0.2) is 26.0 Å². The van der Waals surface area contributed by atoms with E-state index in [1.165, 1.54) is 0 Å². The number of rotatable bonds is 2. The van der Waals surface area contributed by atoms with Crippen molar-refractivity contribution in [1.29, 1.82) is 0 Å². The molecule has 1 aromatic carbocycles. The minimum Gasteiger partial charge on any atom is -0.378 e. The van der Waals surface area contributed by atoms with Crippen molar-refractivity contribution in [2.75, 3.05) is 19.0 Å². The molecular weight excluding hydrogens is 194 g/mol. The van der Waals surface area contributed by atoms with Crippen molar-refractivity contribution in [3.63, 3.8) is 0 Å². The number of hydrogen-bond donors (Lipinski definition) is 2. The van der Waals surface area contributed by atoms with E-state index in [0.29, 0.717) is 5.56 Å². The zero-order chi connectivity index (χ0) is 11.4. The van der Waals surface area contributed by atoms with E-state index in [9.17, 15) is 9.59 Å². The third kappa shape index (κ3) is 2.98. The Bertz CT molecular complexity index is 371. The monoisotopic (exact) mass is 207 g/mol. The van der Waals surface area contributed by atoms with Gasteiger partial charge in [-0.05, 0) is 24.3 Å². The first kappa shape index (κ1) is 11.0. The maximum absolute atomic E-state index is 11.3. The highest BCUT2D eigenvalue weighted by atomic mass is 16.2. The molecule has 0 bridgehead atoms. The molecule has 5 heteroatoms. The molecule has 0 atom stereocenters. The van der Waals surface area contributed by atoms with Gasteiger partial charge in [-0.2, -0.15) is 0 Å². The number of amides is 3. The Hall–Kier alpha value is -2.04. The van der Waals surface area contributed by atoms with Crippen LogP contribution in [0.2, 0.25) is 0 Å². The Kier molecular flexibility index (Phi) is 3.28. The lowest BCUT2D eigenvalue weighted by molar-refractivity contribution is 0.0966. The normalized spacial score (nSPS) is 9.47. The quantitative estimate of drug-likeness (QED) is 0.744. The minimum atomic E-state index is -0.850. The molecule has 0 radical (unpaired) electrons. The molecule has 0 aliphatic heterocycles. The van der Waals surface area contributed by atoms with Crippen molar-refractivity contribution in [2.45, 2.75) is 0 Å². The number of imide groups is 1. The summed E-state index contributed by atoms with van der Waals surface area (Å²) in [6.07, 6.45) is 0. The molecule has 5 nitrogen and oxygen atoms in total. The third-order valence-corrected chi connectivity index (χ3v) is 1.88. The minimum absolute atomic E-state index is 0.402. The predicted molar refractivity (Wildman–Crippen MR) is 57.8 cm³/mol. The van der Waals surface area contributed by atoms with Gasteiger partial charge in [-0.3, -0.25) is 10.1 Å². The highest BCUT2D eigenvalue weighted by Crippen LogP contribution is 2.11. The van der Waals surface area contributed by atoms with Crippen molar-refractivity contribution < 1.29 is 9.59 Å². The Morgan fingerprint density at radius 3 is 2.13 bits per heavy atom. The maximum atomic E-state index is 11.3. The Labute approximate surface area is 87.9 Å². The molecule has 0 fully saturated rings. The van der Waals surface area contributed by atoms with Gasteiger partial charge >= 0.3 is 6.03 Å². The van der Waals surface area contributed by atoms with E-state index in [4.69, 9.17) is 5.73 Å². The van der Waals surface area contributed by atoms with Crippen molar-refractivity contribution >= 4 is 17.6 Å². The van der Waals surface area contributed by atoms with Gasteiger partial charge in [-0.1, -0.05) is 0 Å². The molecule has 0 saturated heterocycles. The molecule has 1 aromatic rings. The van der Waals surface area contributed by atoms with E-state index in [2.05, 4.69) is 0 Å². The zero-order valence-corrected chi connectivity index (χ0v) is 8.65. The van der Waals surface area contributed by atoms with E-state index in [1.54, 1.807) is 24.3 Å².